The first-order valence-corrected chi connectivity index (χ1v) is 12.7. The van der Waals surface area contributed by atoms with Gasteiger partial charge in [0.25, 0.3) is 0 Å². The van der Waals surface area contributed by atoms with Crippen LogP contribution in [0.5, 0.6) is 11.6 Å². The third-order valence-corrected chi connectivity index (χ3v) is 5.99. The van der Waals surface area contributed by atoms with Gasteiger partial charge in [-0.05, 0) is 62.7 Å². The first-order chi connectivity index (χ1) is 17.6. The average molecular weight is 573 g/mol. The number of methoxy groups -OCH3 is 1. The van der Waals surface area contributed by atoms with Crippen molar-refractivity contribution < 1.29 is 23.4 Å². The van der Waals surface area contributed by atoms with Gasteiger partial charge in [-0.1, -0.05) is 15.9 Å². The fourth-order valence-corrected chi connectivity index (χ4v) is 4.36. The van der Waals surface area contributed by atoms with Crippen LogP contribution < -0.4 is 9.64 Å². The van der Waals surface area contributed by atoms with Crippen LogP contribution in [0.4, 0.5) is 15.0 Å². The van der Waals surface area contributed by atoms with E-state index in [2.05, 4.69) is 30.8 Å². The lowest BCUT2D eigenvalue weighted by molar-refractivity contribution is 0.0240. The number of piperazine rings is 1. The van der Waals surface area contributed by atoms with Gasteiger partial charge in [-0.2, -0.15) is 0 Å². The quantitative estimate of drug-likeness (QED) is 0.356. The van der Waals surface area contributed by atoms with Crippen LogP contribution in [0.25, 0.3) is 11.3 Å². The molecule has 1 aromatic carbocycles. The molecule has 0 spiro atoms. The molecule has 10 heteroatoms. The summed E-state index contributed by atoms with van der Waals surface area (Å²) in [7, 11) is 1.61. The van der Waals surface area contributed by atoms with Crippen LogP contribution >= 0.6 is 15.9 Å². The lowest BCUT2D eigenvalue weighted by Crippen LogP contribution is -2.50. The minimum atomic E-state index is -0.515. The number of anilines is 1. The van der Waals surface area contributed by atoms with E-state index in [-0.39, 0.29) is 11.9 Å². The molecular weight excluding hydrogens is 543 g/mol. The van der Waals surface area contributed by atoms with Crippen molar-refractivity contribution in [1.82, 2.24) is 14.9 Å². The van der Waals surface area contributed by atoms with Crippen LogP contribution in [0.15, 0.2) is 53.1 Å². The molecule has 1 aliphatic rings. The van der Waals surface area contributed by atoms with Crippen molar-refractivity contribution in [3.05, 3.63) is 64.5 Å². The lowest BCUT2D eigenvalue weighted by Gasteiger charge is -2.36. The molecule has 0 aliphatic carbocycles. The van der Waals surface area contributed by atoms with Crippen molar-refractivity contribution in [3.63, 3.8) is 0 Å². The molecule has 1 saturated heterocycles. The number of benzene rings is 1. The maximum atomic E-state index is 14.0. The minimum absolute atomic E-state index is 0.294. The number of hydrogen-bond acceptors (Lipinski definition) is 7. The molecule has 4 rings (SSSR count). The standard InChI is InChI=1S/C27H30BrFN4O4/c1-27(2,3)37-26(34)33-9-7-32(8-10-33)24-6-5-22(16-30-24)36-25-12-18(17-35-4)11-23(31-25)19-13-20(28)15-21(29)14-19/h5-6,11-16H,7-10,17H2,1-4H3. The number of amides is 1. The fraction of sp³-hybridized carbons (Fsp3) is 0.370. The summed E-state index contributed by atoms with van der Waals surface area (Å²) in [6, 6.07) is 11.9. The zero-order valence-electron chi connectivity index (χ0n) is 21.3. The third kappa shape index (κ3) is 7.39. The van der Waals surface area contributed by atoms with Crippen LogP contribution in [0.3, 0.4) is 0 Å². The number of aromatic nitrogens is 2. The van der Waals surface area contributed by atoms with E-state index in [1.165, 1.54) is 12.1 Å². The Labute approximate surface area is 224 Å². The molecule has 1 amide bonds. The Hall–Kier alpha value is -3.24. The monoisotopic (exact) mass is 572 g/mol. The van der Waals surface area contributed by atoms with Crippen LogP contribution in [-0.4, -0.2) is 59.9 Å². The summed E-state index contributed by atoms with van der Waals surface area (Å²) in [5.41, 5.74) is 1.51. The second-order valence-corrected chi connectivity index (χ2v) is 10.6. The highest BCUT2D eigenvalue weighted by Gasteiger charge is 2.26. The highest BCUT2D eigenvalue weighted by Crippen LogP contribution is 2.29. The summed E-state index contributed by atoms with van der Waals surface area (Å²) in [4.78, 5) is 25.3. The van der Waals surface area contributed by atoms with Gasteiger partial charge >= 0.3 is 6.09 Å². The largest absolute Gasteiger partial charge is 0.444 e. The van der Waals surface area contributed by atoms with Crippen molar-refractivity contribution in [1.29, 1.82) is 0 Å². The number of rotatable bonds is 6. The zero-order valence-corrected chi connectivity index (χ0v) is 22.9. The number of pyridine rings is 2. The molecule has 37 heavy (non-hydrogen) atoms. The van der Waals surface area contributed by atoms with Crippen LogP contribution in [0.2, 0.25) is 0 Å². The van der Waals surface area contributed by atoms with Gasteiger partial charge in [0.15, 0.2) is 0 Å². The maximum absolute atomic E-state index is 14.0. The molecule has 3 aromatic rings. The summed E-state index contributed by atoms with van der Waals surface area (Å²) in [6.45, 7) is 8.36. The molecule has 0 radical (unpaired) electrons. The second-order valence-electron chi connectivity index (χ2n) is 9.70. The summed E-state index contributed by atoms with van der Waals surface area (Å²) < 4.78 is 31.3. The second kappa shape index (κ2) is 11.4. The minimum Gasteiger partial charge on any atom is -0.444 e. The smallest absolute Gasteiger partial charge is 0.410 e. The first kappa shape index (κ1) is 26.8. The van der Waals surface area contributed by atoms with Crippen LogP contribution in [-0.2, 0) is 16.1 Å². The molecular formula is C27H30BrFN4O4. The van der Waals surface area contributed by atoms with E-state index in [9.17, 15) is 9.18 Å². The highest BCUT2D eigenvalue weighted by molar-refractivity contribution is 9.10. The molecule has 0 bridgehead atoms. The van der Waals surface area contributed by atoms with Gasteiger partial charge in [0.1, 0.15) is 23.0 Å². The Morgan fingerprint density at radius 3 is 2.46 bits per heavy atom. The van der Waals surface area contributed by atoms with E-state index < -0.39 is 5.60 Å². The third-order valence-electron chi connectivity index (χ3n) is 5.53. The van der Waals surface area contributed by atoms with Crippen molar-refractivity contribution >= 4 is 27.8 Å². The molecule has 196 valence electrons. The number of ether oxygens (including phenoxy) is 3. The summed E-state index contributed by atoms with van der Waals surface area (Å²) in [6.07, 6.45) is 1.34. The average Bonchev–Trinajstić information content (AvgIpc) is 2.83. The Morgan fingerprint density at radius 2 is 1.84 bits per heavy atom. The van der Waals surface area contributed by atoms with Crippen LogP contribution in [0.1, 0.15) is 26.3 Å². The van der Waals surface area contributed by atoms with E-state index in [1.54, 1.807) is 30.3 Å². The van der Waals surface area contributed by atoms with Crippen molar-refractivity contribution in [2.45, 2.75) is 33.0 Å². The Balaban J connectivity index is 1.44. The lowest BCUT2D eigenvalue weighted by atomic mass is 10.1. The van der Waals surface area contributed by atoms with Gasteiger partial charge in [-0.25, -0.2) is 19.2 Å². The van der Waals surface area contributed by atoms with Gasteiger partial charge in [-0.3, -0.25) is 0 Å². The van der Waals surface area contributed by atoms with Gasteiger partial charge < -0.3 is 24.0 Å². The van der Waals surface area contributed by atoms with Gasteiger partial charge in [0.05, 0.1) is 18.5 Å². The Kier molecular flexibility index (Phi) is 8.29. The normalized spacial score (nSPS) is 14.0. The highest BCUT2D eigenvalue weighted by atomic mass is 79.9. The number of nitrogens with zero attached hydrogens (tertiary/aromatic N) is 4. The molecule has 0 N–H and O–H groups in total. The molecule has 8 nitrogen and oxygen atoms in total. The van der Waals surface area contributed by atoms with Gasteiger partial charge in [-0.15, -0.1) is 0 Å². The molecule has 1 aliphatic heterocycles. The van der Waals surface area contributed by atoms with E-state index in [0.717, 1.165) is 11.4 Å². The molecule has 2 aromatic heterocycles. The fourth-order valence-electron chi connectivity index (χ4n) is 3.90. The molecule has 3 heterocycles. The first-order valence-electron chi connectivity index (χ1n) is 11.9. The summed E-state index contributed by atoms with van der Waals surface area (Å²) in [5, 5.41) is 0. The van der Waals surface area contributed by atoms with Crippen molar-refractivity contribution in [3.8, 4) is 22.9 Å². The SMILES string of the molecule is COCc1cc(Oc2ccc(N3CCN(C(=O)OC(C)(C)C)CC3)nc2)nc(-c2cc(F)cc(Br)c2)c1. The van der Waals surface area contributed by atoms with E-state index in [1.807, 2.05) is 39.0 Å². The van der Waals surface area contributed by atoms with Gasteiger partial charge in [0.2, 0.25) is 5.88 Å². The molecule has 0 saturated carbocycles. The predicted octanol–water partition coefficient (Wildman–Crippen LogP) is 6.04. The predicted molar refractivity (Wildman–Crippen MR) is 142 cm³/mol. The number of carbonyl (C=O) groups is 1. The van der Waals surface area contributed by atoms with E-state index in [0.29, 0.717) is 60.1 Å². The van der Waals surface area contributed by atoms with Crippen LogP contribution in [0, 0.1) is 5.82 Å². The topological polar surface area (TPSA) is 77.0 Å². The van der Waals surface area contributed by atoms with Gasteiger partial charge in [0, 0.05) is 49.4 Å². The number of halogens is 2. The summed E-state index contributed by atoms with van der Waals surface area (Å²) >= 11 is 3.33. The van der Waals surface area contributed by atoms with E-state index >= 15 is 0 Å². The number of carbonyl (C=O) groups excluding carboxylic acids is 1. The number of hydrogen-bond donors (Lipinski definition) is 0. The van der Waals surface area contributed by atoms with Crippen molar-refractivity contribution in [2.24, 2.45) is 0 Å². The molecule has 0 unspecified atom stereocenters. The zero-order chi connectivity index (χ0) is 26.6. The molecule has 0 atom stereocenters. The van der Waals surface area contributed by atoms with Crippen molar-refractivity contribution in [2.75, 3.05) is 38.2 Å². The Morgan fingerprint density at radius 1 is 1.08 bits per heavy atom. The molecule has 1 fully saturated rings. The Bertz CT molecular complexity index is 1220. The summed E-state index contributed by atoms with van der Waals surface area (Å²) in [5.74, 6) is 1.30. The maximum Gasteiger partial charge on any atom is 0.410 e. The van der Waals surface area contributed by atoms with E-state index in [4.69, 9.17) is 14.2 Å².